The normalized spacial score (nSPS) is 15.7. The van der Waals surface area contributed by atoms with E-state index in [1.165, 1.54) is 6.21 Å². The molecule has 3 N–H and O–H groups in total. The zero-order valence-electron chi connectivity index (χ0n) is 20.7. The number of nitrogens with one attached hydrogen (secondary N) is 2. The van der Waals surface area contributed by atoms with Gasteiger partial charge in [0.2, 0.25) is 5.88 Å². The van der Waals surface area contributed by atoms with Gasteiger partial charge < -0.3 is 20.4 Å². The van der Waals surface area contributed by atoms with Crippen molar-refractivity contribution in [1.29, 1.82) is 5.41 Å². The number of hydrogen-bond donors (Lipinski definition) is 3. The Morgan fingerprint density at radius 3 is 2.58 bits per heavy atom. The van der Waals surface area contributed by atoms with Crippen LogP contribution < -0.4 is 5.32 Å². The van der Waals surface area contributed by atoms with E-state index in [0.717, 1.165) is 17.7 Å². The van der Waals surface area contributed by atoms with E-state index in [1.807, 2.05) is 66.9 Å². The van der Waals surface area contributed by atoms with E-state index in [2.05, 4.69) is 20.7 Å². The van der Waals surface area contributed by atoms with Crippen LogP contribution in [-0.2, 0) is 12.5 Å². The largest absolute Gasteiger partial charge is 0.371 e. The molecule has 0 saturated carbocycles. The summed E-state index contributed by atoms with van der Waals surface area (Å²) in [5, 5.41) is 36.9. The van der Waals surface area contributed by atoms with Crippen LogP contribution in [0.15, 0.2) is 46.4 Å². The molecule has 2 aromatic heterocycles. The summed E-state index contributed by atoms with van der Waals surface area (Å²) >= 11 is 0. The Hall–Kier alpha value is -3.20. The van der Waals surface area contributed by atoms with Crippen LogP contribution in [0, 0.1) is 5.41 Å². The molecule has 2 atom stereocenters. The number of aryl methyl sites for hydroxylation is 1. The molecule has 0 aliphatic rings. The molecular formula is C24H37N7O2. The molecule has 2 heterocycles. The minimum atomic E-state index is -1.10. The molecule has 180 valence electrons. The molecule has 0 radical (unpaired) electrons. The van der Waals surface area contributed by atoms with Gasteiger partial charge in [0.05, 0.1) is 11.9 Å². The fourth-order valence-electron chi connectivity index (χ4n) is 2.99. The number of allylic oxidation sites excluding steroid dienone is 2. The first kappa shape index (κ1) is 26.1. The fourth-order valence-corrected chi connectivity index (χ4v) is 2.99. The third-order valence-corrected chi connectivity index (χ3v) is 5.14. The average Bonchev–Trinajstić information content (AvgIpc) is 3.41. The second-order valence-electron chi connectivity index (χ2n) is 9.09. The lowest BCUT2D eigenvalue weighted by atomic mass is 9.92. The van der Waals surface area contributed by atoms with Crippen molar-refractivity contribution in [2.45, 2.75) is 71.6 Å². The van der Waals surface area contributed by atoms with E-state index >= 15 is 0 Å². The number of aliphatic hydroxyl groups excluding tert-OH is 1. The second kappa shape index (κ2) is 11.1. The first-order chi connectivity index (χ1) is 15.5. The molecular weight excluding hydrogens is 418 g/mol. The van der Waals surface area contributed by atoms with Crippen molar-refractivity contribution in [2.75, 3.05) is 5.32 Å². The molecule has 0 fully saturated rings. The molecule has 0 aromatic carbocycles. The summed E-state index contributed by atoms with van der Waals surface area (Å²) in [6.07, 6.45) is 12.5. The van der Waals surface area contributed by atoms with Crippen LogP contribution in [0.3, 0.4) is 0 Å². The third-order valence-electron chi connectivity index (χ3n) is 5.14. The first-order valence-corrected chi connectivity index (χ1v) is 11.2. The number of nitrogens with zero attached hydrogens (tertiary/aromatic N) is 5. The Labute approximate surface area is 196 Å². The third kappa shape index (κ3) is 6.64. The maximum absolute atomic E-state index is 11.3. The minimum Gasteiger partial charge on any atom is -0.371 e. The maximum atomic E-state index is 11.3. The summed E-state index contributed by atoms with van der Waals surface area (Å²) in [4.78, 5) is 0. The number of hydrazone groups is 1. The SMILES string of the molecule is CC/C=C\C(C)([C@H](O)Nc1cc(C(C)(C)C)no1)N(/C=C(\C=N)c1cnn(C)c1)/N=C\CC. The molecule has 33 heavy (non-hydrogen) atoms. The van der Waals surface area contributed by atoms with Gasteiger partial charge in [0, 0.05) is 54.5 Å². The number of anilines is 1. The Morgan fingerprint density at radius 1 is 1.33 bits per heavy atom. The van der Waals surface area contributed by atoms with Crippen LogP contribution in [0.5, 0.6) is 0 Å². The molecule has 2 aromatic rings. The van der Waals surface area contributed by atoms with E-state index < -0.39 is 11.8 Å². The summed E-state index contributed by atoms with van der Waals surface area (Å²) in [6.45, 7) is 12.0. The highest BCUT2D eigenvalue weighted by molar-refractivity contribution is 6.07. The van der Waals surface area contributed by atoms with Gasteiger partial charge in [-0.2, -0.15) is 10.2 Å². The van der Waals surface area contributed by atoms with Gasteiger partial charge in [0.25, 0.3) is 0 Å². The van der Waals surface area contributed by atoms with Crippen LogP contribution in [0.4, 0.5) is 5.88 Å². The first-order valence-electron chi connectivity index (χ1n) is 11.2. The van der Waals surface area contributed by atoms with Crippen LogP contribution in [-0.4, -0.2) is 49.2 Å². The molecule has 0 aliphatic heterocycles. The summed E-state index contributed by atoms with van der Waals surface area (Å²) in [7, 11) is 1.82. The monoisotopic (exact) mass is 455 g/mol. The van der Waals surface area contributed by atoms with Crippen LogP contribution in [0.25, 0.3) is 5.57 Å². The molecule has 0 spiro atoms. The molecule has 2 rings (SSSR count). The highest BCUT2D eigenvalue weighted by Crippen LogP contribution is 2.29. The Balaban J connectivity index is 2.49. The highest BCUT2D eigenvalue weighted by Gasteiger charge is 2.37. The minimum absolute atomic E-state index is 0.178. The fraction of sp³-hybridized carbons (Fsp3) is 0.500. The Kier molecular flexibility index (Phi) is 8.76. The van der Waals surface area contributed by atoms with Gasteiger partial charge in [0.1, 0.15) is 5.54 Å². The van der Waals surface area contributed by atoms with Gasteiger partial charge in [-0.25, -0.2) is 0 Å². The molecule has 0 aliphatic carbocycles. The van der Waals surface area contributed by atoms with E-state index in [-0.39, 0.29) is 5.41 Å². The van der Waals surface area contributed by atoms with Crippen LogP contribution in [0.2, 0.25) is 0 Å². The van der Waals surface area contributed by atoms with Crippen molar-refractivity contribution in [3.8, 4) is 0 Å². The second-order valence-corrected chi connectivity index (χ2v) is 9.09. The summed E-state index contributed by atoms with van der Waals surface area (Å²) < 4.78 is 7.11. The lowest BCUT2D eigenvalue weighted by Gasteiger charge is -2.39. The molecule has 9 heteroatoms. The van der Waals surface area contributed by atoms with E-state index in [4.69, 9.17) is 9.93 Å². The Bertz CT molecular complexity index is 997. The quantitative estimate of drug-likeness (QED) is 0.198. The topological polar surface area (TPSA) is 116 Å². The number of aliphatic hydroxyl groups is 1. The van der Waals surface area contributed by atoms with E-state index in [9.17, 15) is 5.11 Å². The predicted octanol–water partition coefficient (Wildman–Crippen LogP) is 4.55. The van der Waals surface area contributed by atoms with Crippen LogP contribution >= 0.6 is 0 Å². The number of rotatable bonds is 11. The average molecular weight is 456 g/mol. The Morgan fingerprint density at radius 2 is 2.06 bits per heavy atom. The standard InChI is InChI=1S/C24H37N7O2/c1-8-10-11-24(6,22(32)28-21-13-20(29-33-21)23(3,4)5)31(26-12-9-2)17-18(14-25)19-15-27-30(7)16-19/h10-17,22,25,28,32H,8-9H2,1-7H3/b11-10-,18-17+,25-14?,26-12-/t22-,24?/m0/s1. The number of aromatic nitrogens is 3. The summed E-state index contributed by atoms with van der Waals surface area (Å²) in [5.74, 6) is 0.367. The summed E-state index contributed by atoms with van der Waals surface area (Å²) in [6, 6.07) is 1.79. The zero-order valence-corrected chi connectivity index (χ0v) is 20.7. The van der Waals surface area contributed by atoms with Gasteiger partial charge in [-0.1, -0.05) is 51.9 Å². The predicted molar refractivity (Wildman–Crippen MR) is 133 cm³/mol. The van der Waals surface area contributed by atoms with Gasteiger partial charge in [-0.05, 0) is 19.8 Å². The summed E-state index contributed by atoms with van der Waals surface area (Å²) in [5.41, 5.74) is 0.981. The molecule has 0 saturated heterocycles. The molecule has 0 amide bonds. The van der Waals surface area contributed by atoms with Crippen molar-refractivity contribution in [3.63, 3.8) is 0 Å². The van der Waals surface area contributed by atoms with E-state index in [0.29, 0.717) is 17.9 Å². The molecule has 1 unspecified atom stereocenters. The van der Waals surface area contributed by atoms with Gasteiger partial charge in [-0.3, -0.25) is 9.69 Å². The lowest BCUT2D eigenvalue weighted by molar-refractivity contribution is 0.0547. The molecule has 9 nitrogen and oxygen atoms in total. The van der Waals surface area contributed by atoms with E-state index in [1.54, 1.807) is 34.4 Å². The van der Waals surface area contributed by atoms with Gasteiger partial charge >= 0.3 is 0 Å². The van der Waals surface area contributed by atoms with Crippen molar-refractivity contribution in [1.82, 2.24) is 19.9 Å². The zero-order chi connectivity index (χ0) is 24.6. The smallest absolute Gasteiger partial charge is 0.226 e. The molecule has 0 bridgehead atoms. The number of hydrogen-bond acceptors (Lipinski definition) is 8. The van der Waals surface area contributed by atoms with Crippen molar-refractivity contribution < 1.29 is 9.63 Å². The van der Waals surface area contributed by atoms with Crippen molar-refractivity contribution in [2.24, 2.45) is 12.1 Å². The van der Waals surface area contributed by atoms with Gasteiger partial charge in [-0.15, -0.1) is 0 Å². The lowest BCUT2D eigenvalue weighted by Crippen LogP contribution is -2.52. The van der Waals surface area contributed by atoms with Crippen LogP contribution in [0.1, 0.15) is 65.6 Å². The maximum Gasteiger partial charge on any atom is 0.226 e. The van der Waals surface area contributed by atoms with Crippen molar-refractivity contribution >= 4 is 23.9 Å². The van der Waals surface area contributed by atoms with Gasteiger partial charge in [0.15, 0.2) is 6.23 Å². The van der Waals surface area contributed by atoms with Crippen molar-refractivity contribution in [3.05, 3.63) is 48.1 Å². The highest BCUT2D eigenvalue weighted by atomic mass is 16.5.